The molecule has 0 radical (unpaired) electrons. The van der Waals surface area contributed by atoms with Crippen LogP contribution in [0, 0.1) is 0 Å². The number of rotatable bonds is 4. The molecular weight excluding hydrogens is 419 g/mol. The second kappa shape index (κ2) is 9.55. The van der Waals surface area contributed by atoms with Crippen LogP contribution in [-0.4, -0.2) is 44.5 Å². The van der Waals surface area contributed by atoms with Gasteiger partial charge >= 0.3 is 0 Å². The van der Waals surface area contributed by atoms with Crippen LogP contribution in [0.1, 0.15) is 57.1 Å². The molecule has 1 saturated carbocycles. The predicted molar refractivity (Wildman–Crippen MR) is 105 cm³/mol. The highest BCUT2D eigenvalue weighted by molar-refractivity contribution is 14.0. The number of fused-ring (bicyclic) bond motifs is 1. The van der Waals surface area contributed by atoms with Crippen molar-refractivity contribution in [3.8, 4) is 0 Å². The Balaban J connectivity index is 0.00000208. The molecule has 3 N–H and O–H groups in total. The minimum absolute atomic E-state index is 0. The molecule has 1 aliphatic heterocycles. The molecule has 0 spiro atoms. The fourth-order valence-corrected chi connectivity index (χ4v) is 3.37. The van der Waals surface area contributed by atoms with Gasteiger partial charge in [0, 0.05) is 25.6 Å². The van der Waals surface area contributed by atoms with Gasteiger partial charge in [-0.1, -0.05) is 0 Å². The lowest BCUT2D eigenvalue weighted by Gasteiger charge is -2.27. The smallest absolute Gasteiger partial charge is 0.191 e. The highest BCUT2D eigenvalue weighted by Gasteiger charge is 2.20. The summed E-state index contributed by atoms with van der Waals surface area (Å²) in [5.74, 6) is 2.89. The highest BCUT2D eigenvalue weighted by Crippen LogP contribution is 2.18. The molecule has 0 atom stereocenters. The van der Waals surface area contributed by atoms with Gasteiger partial charge in [-0.15, -0.1) is 34.2 Å². The molecule has 1 aliphatic carbocycles. The highest BCUT2D eigenvalue weighted by atomic mass is 127. The maximum absolute atomic E-state index is 9.61. The molecule has 8 heteroatoms. The van der Waals surface area contributed by atoms with Gasteiger partial charge in [-0.05, 0) is 45.4 Å². The van der Waals surface area contributed by atoms with Crippen molar-refractivity contribution in [3.05, 3.63) is 11.6 Å². The van der Waals surface area contributed by atoms with E-state index in [0.717, 1.165) is 62.8 Å². The Hall–Kier alpha value is -0.900. The van der Waals surface area contributed by atoms with Crippen LogP contribution >= 0.6 is 24.0 Å². The summed E-state index contributed by atoms with van der Waals surface area (Å²) in [6.07, 6.45) is 7.03. The van der Waals surface area contributed by atoms with E-state index in [1.807, 2.05) is 0 Å². The summed E-state index contributed by atoms with van der Waals surface area (Å²) < 4.78 is 2.22. The molecule has 0 bridgehead atoms. The van der Waals surface area contributed by atoms with Crippen LogP contribution in [0.5, 0.6) is 0 Å². The molecule has 1 aromatic heterocycles. The summed E-state index contributed by atoms with van der Waals surface area (Å²) in [5.41, 5.74) is 0. The Labute approximate surface area is 160 Å². The van der Waals surface area contributed by atoms with Crippen LogP contribution in [0.3, 0.4) is 0 Å². The maximum Gasteiger partial charge on any atom is 0.191 e. The second-order valence-electron chi connectivity index (χ2n) is 6.49. The number of aryl methyl sites for hydroxylation is 1. The van der Waals surface area contributed by atoms with Crippen LogP contribution in [0.15, 0.2) is 4.99 Å². The van der Waals surface area contributed by atoms with Crippen LogP contribution in [0.4, 0.5) is 0 Å². The summed E-state index contributed by atoms with van der Waals surface area (Å²) in [5, 5.41) is 25.0. The third kappa shape index (κ3) is 5.05. The number of aliphatic hydroxyl groups excluding tert-OH is 1. The van der Waals surface area contributed by atoms with E-state index in [-0.39, 0.29) is 30.1 Å². The minimum atomic E-state index is -0.130. The van der Waals surface area contributed by atoms with Gasteiger partial charge in [0.15, 0.2) is 11.8 Å². The second-order valence-corrected chi connectivity index (χ2v) is 6.49. The average molecular weight is 448 g/mol. The van der Waals surface area contributed by atoms with Crippen molar-refractivity contribution in [2.45, 2.75) is 77.1 Å². The zero-order valence-electron chi connectivity index (χ0n) is 14.4. The molecule has 2 aliphatic rings. The lowest BCUT2D eigenvalue weighted by Crippen LogP contribution is -2.45. The summed E-state index contributed by atoms with van der Waals surface area (Å²) in [6.45, 7) is 4.47. The van der Waals surface area contributed by atoms with Crippen molar-refractivity contribution in [2.24, 2.45) is 4.99 Å². The first-order chi connectivity index (χ1) is 11.3. The standard InChI is InChI=1S/C16H28N6O.HI/c1-2-17-16(19-12-6-8-13(23)9-7-12)18-11-15-21-20-14-5-3-4-10-22(14)15;/h12-13,23H,2-11H2,1H3,(H2,17,18,19);1H. The predicted octanol–water partition coefficient (Wildman–Crippen LogP) is 1.59. The quantitative estimate of drug-likeness (QED) is 0.370. The van der Waals surface area contributed by atoms with Gasteiger partial charge in [0.25, 0.3) is 0 Å². The lowest BCUT2D eigenvalue weighted by molar-refractivity contribution is 0.120. The van der Waals surface area contributed by atoms with Gasteiger partial charge in [-0.25, -0.2) is 4.99 Å². The van der Waals surface area contributed by atoms with Gasteiger partial charge in [-0.3, -0.25) is 0 Å². The first-order valence-electron chi connectivity index (χ1n) is 8.90. The van der Waals surface area contributed by atoms with Gasteiger partial charge in [-0.2, -0.15) is 0 Å². The number of nitrogens with one attached hydrogen (secondary N) is 2. The van der Waals surface area contributed by atoms with Crippen LogP contribution in [0.25, 0.3) is 0 Å². The fraction of sp³-hybridized carbons (Fsp3) is 0.812. The topological polar surface area (TPSA) is 87.4 Å². The zero-order valence-corrected chi connectivity index (χ0v) is 16.7. The Kier molecular flexibility index (Phi) is 7.73. The lowest BCUT2D eigenvalue weighted by atomic mass is 9.93. The van der Waals surface area contributed by atoms with E-state index in [0.29, 0.717) is 12.6 Å². The zero-order chi connectivity index (χ0) is 16.1. The largest absolute Gasteiger partial charge is 0.393 e. The molecule has 7 nitrogen and oxygen atoms in total. The van der Waals surface area contributed by atoms with Gasteiger partial charge < -0.3 is 20.3 Å². The van der Waals surface area contributed by atoms with Crippen LogP contribution in [0.2, 0.25) is 0 Å². The van der Waals surface area contributed by atoms with Crippen molar-refractivity contribution >= 4 is 29.9 Å². The molecule has 136 valence electrons. The molecule has 3 rings (SSSR count). The maximum atomic E-state index is 9.61. The third-order valence-corrected chi connectivity index (χ3v) is 4.70. The number of hydrogen-bond donors (Lipinski definition) is 3. The number of aliphatic hydroxyl groups is 1. The number of aliphatic imine (C=N–C) groups is 1. The Morgan fingerprint density at radius 2 is 2.04 bits per heavy atom. The summed E-state index contributed by atoms with van der Waals surface area (Å²) >= 11 is 0. The molecule has 2 heterocycles. The molecule has 1 fully saturated rings. The normalized spacial score (nSPS) is 24.0. The van der Waals surface area contributed by atoms with Gasteiger partial charge in [0.05, 0.1) is 6.10 Å². The molecule has 0 saturated heterocycles. The van der Waals surface area contributed by atoms with E-state index >= 15 is 0 Å². The molecule has 24 heavy (non-hydrogen) atoms. The number of aromatic nitrogens is 3. The van der Waals surface area contributed by atoms with Crippen molar-refractivity contribution in [3.63, 3.8) is 0 Å². The third-order valence-electron chi connectivity index (χ3n) is 4.70. The van der Waals surface area contributed by atoms with E-state index < -0.39 is 0 Å². The number of halogens is 1. The summed E-state index contributed by atoms with van der Waals surface area (Å²) in [6, 6.07) is 0.392. The van der Waals surface area contributed by atoms with Crippen molar-refractivity contribution in [1.29, 1.82) is 0 Å². The van der Waals surface area contributed by atoms with Crippen molar-refractivity contribution in [1.82, 2.24) is 25.4 Å². The molecule has 0 aromatic carbocycles. The van der Waals surface area contributed by atoms with Crippen molar-refractivity contribution in [2.75, 3.05) is 6.54 Å². The molecular formula is C16H29IN6O. The Morgan fingerprint density at radius 1 is 1.25 bits per heavy atom. The Morgan fingerprint density at radius 3 is 2.79 bits per heavy atom. The van der Waals surface area contributed by atoms with E-state index in [1.54, 1.807) is 0 Å². The number of nitrogens with zero attached hydrogens (tertiary/aromatic N) is 4. The summed E-state index contributed by atoms with van der Waals surface area (Å²) in [4.78, 5) is 4.69. The van der Waals surface area contributed by atoms with Crippen molar-refractivity contribution < 1.29 is 5.11 Å². The monoisotopic (exact) mass is 448 g/mol. The van der Waals surface area contributed by atoms with E-state index in [9.17, 15) is 5.11 Å². The van der Waals surface area contributed by atoms with E-state index in [1.165, 1.54) is 12.8 Å². The summed E-state index contributed by atoms with van der Waals surface area (Å²) in [7, 11) is 0. The van der Waals surface area contributed by atoms with Gasteiger partial charge in [0.1, 0.15) is 12.4 Å². The fourth-order valence-electron chi connectivity index (χ4n) is 3.37. The van der Waals surface area contributed by atoms with E-state index in [4.69, 9.17) is 0 Å². The first kappa shape index (κ1) is 19.4. The number of hydrogen-bond acceptors (Lipinski definition) is 4. The first-order valence-corrected chi connectivity index (χ1v) is 8.90. The van der Waals surface area contributed by atoms with E-state index in [2.05, 4.69) is 37.3 Å². The molecule has 1 aromatic rings. The SMILES string of the molecule is CCNC(=NCc1nnc2n1CCCC2)NC1CCC(O)CC1.I. The Bertz CT molecular complexity index is 539. The average Bonchev–Trinajstić information content (AvgIpc) is 2.98. The minimum Gasteiger partial charge on any atom is -0.393 e. The molecule has 0 unspecified atom stereocenters. The van der Waals surface area contributed by atoms with Crippen LogP contribution in [-0.2, 0) is 19.5 Å². The van der Waals surface area contributed by atoms with Crippen LogP contribution < -0.4 is 10.6 Å². The molecule has 0 amide bonds. The van der Waals surface area contributed by atoms with Gasteiger partial charge in [0.2, 0.25) is 0 Å². The number of guanidine groups is 1.